The Kier molecular flexibility index (Phi) is 14.9. The highest BCUT2D eigenvalue weighted by Crippen LogP contribution is 2.28. The molecule has 2 rings (SSSR count). The van der Waals surface area contributed by atoms with Gasteiger partial charge in [-0.3, -0.25) is 9.59 Å². The number of carbonyl (C=O) groups excluding carboxylic acids is 2. The van der Waals surface area contributed by atoms with Crippen molar-refractivity contribution in [3.8, 4) is 0 Å². The molecule has 1 saturated carbocycles. The predicted octanol–water partition coefficient (Wildman–Crippen LogP) is 3.67. The Balaban J connectivity index is 0.000000528. The summed E-state index contributed by atoms with van der Waals surface area (Å²) >= 11 is 0. The molecule has 9 nitrogen and oxygen atoms in total. The predicted molar refractivity (Wildman–Crippen MR) is 116 cm³/mol. The lowest BCUT2D eigenvalue weighted by molar-refractivity contribution is -0.152. The lowest BCUT2D eigenvalue weighted by Gasteiger charge is -2.23. The smallest absolute Gasteiger partial charge is 0.405 e. The Hall–Kier alpha value is -1.87. The molecule has 9 heteroatoms. The monoisotopic (exact) mass is 447 g/mol. The molecule has 2 fully saturated rings. The first kappa shape index (κ1) is 29.1. The Morgan fingerprint density at radius 1 is 1.19 bits per heavy atom. The van der Waals surface area contributed by atoms with Crippen molar-refractivity contribution in [1.29, 1.82) is 0 Å². The van der Waals surface area contributed by atoms with E-state index in [0.717, 1.165) is 45.1 Å². The van der Waals surface area contributed by atoms with Gasteiger partial charge >= 0.3 is 18.0 Å². The fraction of sp³-hybridized carbons (Fsp3) is 0.864. The lowest BCUT2D eigenvalue weighted by atomic mass is 10.1. The Bertz CT molecular complexity index is 526. The summed E-state index contributed by atoms with van der Waals surface area (Å²) in [6, 6.07) is 0. The van der Waals surface area contributed by atoms with Crippen molar-refractivity contribution in [3.63, 3.8) is 0 Å². The van der Waals surface area contributed by atoms with E-state index in [0.29, 0.717) is 19.6 Å². The van der Waals surface area contributed by atoms with Crippen molar-refractivity contribution >= 4 is 18.0 Å². The average Bonchev–Trinajstić information content (AvgIpc) is 3.45. The van der Waals surface area contributed by atoms with Crippen LogP contribution in [0.5, 0.6) is 0 Å². The third-order valence-corrected chi connectivity index (χ3v) is 4.15. The number of hydrogen-bond acceptors (Lipinski definition) is 7. The van der Waals surface area contributed by atoms with Crippen LogP contribution in [0, 0.1) is 5.92 Å². The molecular formula is C22H41NO8. The van der Waals surface area contributed by atoms with Gasteiger partial charge in [0.05, 0.1) is 25.0 Å². The fourth-order valence-electron chi connectivity index (χ4n) is 2.47. The second-order valence-electron chi connectivity index (χ2n) is 8.68. The number of esters is 1. The summed E-state index contributed by atoms with van der Waals surface area (Å²) in [5.74, 6) is -0.785. The molecule has 0 aromatic rings. The number of carboxylic acid groups (broad SMARTS) is 1. The van der Waals surface area contributed by atoms with E-state index in [9.17, 15) is 14.4 Å². The van der Waals surface area contributed by atoms with Crippen molar-refractivity contribution in [1.82, 2.24) is 0 Å². The molecular weight excluding hydrogens is 406 g/mol. The summed E-state index contributed by atoms with van der Waals surface area (Å²) in [6.07, 6.45) is 5.35. The minimum atomic E-state index is -0.725. The minimum absolute atomic E-state index is 0.0185. The lowest BCUT2D eigenvalue weighted by Crippen LogP contribution is -2.27. The number of amides is 1. The SMILES string of the molecule is CC(C)(C)OC(N)=O.CCCCOC1CCOCCC(=O)OC(C)C1.O=C(O)C1CC1. The van der Waals surface area contributed by atoms with Crippen LogP contribution in [0.1, 0.15) is 79.6 Å². The fourth-order valence-corrected chi connectivity index (χ4v) is 2.47. The van der Waals surface area contributed by atoms with Gasteiger partial charge in [-0.25, -0.2) is 4.79 Å². The van der Waals surface area contributed by atoms with E-state index in [4.69, 9.17) is 25.1 Å². The molecule has 0 aromatic carbocycles. The van der Waals surface area contributed by atoms with Gasteiger partial charge in [0.2, 0.25) is 0 Å². The normalized spacial score (nSPS) is 21.9. The topological polar surface area (TPSA) is 134 Å². The van der Waals surface area contributed by atoms with E-state index in [1.54, 1.807) is 20.8 Å². The molecule has 0 spiro atoms. The first-order valence-electron chi connectivity index (χ1n) is 11.0. The number of hydrogen-bond donors (Lipinski definition) is 2. The number of rotatable bonds is 5. The van der Waals surface area contributed by atoms with Gasteiger partial charge in [-0.05, 0) is 53.4 Å². The molecule has 2 unspecified atom stereocenters. The highest BCUT2D eigenvalue weighted by Gasteiger charge is 2.28. The number of carboxylic acids is 1. The molecule has 1 saturated heterocycles. The average molecular weight is 448 g/mol. The highest BCUT2D eigenvalue weighted by molar-refractivity contribution is 5.72. The second-order valence-corrected chi connectivity index (χ2v) is 8.68. The second kappa shape index (κ2) is 15.9. The maximum absolute atomic E-state index is 11.3. The maximum atomic E-state index is 11.3. The van der Waals surface area contributed by atoms with Gasteiger partial charge in [-0.2, -0.15) is 0 Å². The van der Waals surface area contributed by atoms with Crippen LogP contribution >= 0.6 is 0 Å². The largest absolute Gasteiger partial charge is 0.481 e. The first-order chi connectivity index (χ1) is 14.4. The van der Waals surface area contributed by atoms with Gasteiger partial charge in [0.1, 0.15) is 11.7 Å². The number of nitrogens with two attached hydrogens (primary N) is 1. The van der Waals surface area contributed by atoms with E-state index < -0.39 is 17.7 Å². The summed E-state index contributed by atoms with van der Waals surface area (Å²) in [6.45, 7) is 11.2. The van der Waals surface area contributed by atoms with Crippen LogP contribution in [0.3, 0.4) is 0 Å². The quantitative estimate of drug-likeness (QED) is 0.481. The zero-order chi connectivity index (χ0) is 23.9. The Morgan fingerprint density at radius 3 is 2.26 bits per heavy atom. The molecule has 2 atom stereocenters. The van der Waals surface area contributed by atoms with Crippen molar-refractivity contribution < 1.29 is 38.4 Å². The minimum Gasteiger partial charge on any atom is -0.481 e. The zero-order valence-electron chi connectivity index (χ0n) is 19.7. The zero-order valence-corrected chi connectivity index (χ0v) is 19.7. The van der Waals surface area contributed by atoms with Crippen molar-refractivity contribution in [2.45, 2.75) is 97.4 Å². The van der Waals surface area contributed by atoms with Gasteiger partial charge in [0.25, 0.3) is 0 Å². The van der Waals surface area contributed by atoms with Crippen LogP contribution in [-0.4, -0.2) is 60.8 Å². The molecule has 182 valence electrons. The molecule has 0 bridgehead atoms. The highest BCUT2D eigenvalue weighted by atomic mass is 16.6. The summed E-state index contributed by atoms with van der Waals surface area (Å²) < 4.78 is 21.0. The van der Waals surface area contributed by atoms with Gasteiger partial charge in [0.15, 0.2) is 0 Å². The molecule has 0 radical (unpaired) electrons. The Morgan fingerprint density at radius 2 is 1.84 bits per heavy atom. The molecule has 1 aliphatic carbocycles. The van der Waals surface area contributed by atoms with Gasteiger partial charge in [-0.1, -0.05) is 13.3 Å². The molecule has 31 heavy (non-hydrogen) atoms. The number of aliphatic carboxylic acids is 1. The number of cyclic esters (lactones) is 1. The van der Waals surface area contributed by atoms with E-state index in [1.165, 1.54) is 0 Å². The van der Waals surface area contributed by atoms with E-state index in [1.807, 2.05) is 6.92 Å². The van der Waals surface area contributed by atoms with Crippen LogP contribution < -0.4 is 5.73 Å². The van der Waals surface area contributed by atoms with Crippen LogP contribution in [0.2, 0.25) is 0 Å². The Labute approximate surface area is 185 Å². The van der Waals surface area contributed by atoms with Gasteiger partial charge in [-0.15, -0.1) is 0 Å². The number of carbonyl (C=O) groups is 3. The summed E-state index contributed by atoms with van der Waals surface area (Å²) in [5.41, 5.74) is 4.26. The van der Waals surface area contributed by atoms with E-state index in [-0.39, 0.29) is 24.1 Å². The van der Waals surface area contributed by atoms with E-state index in [2.05, 4.69) is 11.7 Å². The molecule has 1 heterocycles. The number of unbranched alkanes of at least 4 members (excludes halogenated alkanes) is 1. The molecule has 3 N–H and O–H groups in total. The summed E-state index contributed by atoms with van der Waals surface area (Å²) in [4.78, 5) is 31.1. The van der Waals surface area contributed by atoms with Crippen LogP contribution in [-0.2, 0) is 28.5 Å². The van der Waals surface area contributed by atoms with Crippen LogP contribution in [0.25, 0.3) is 0 Å². The van der Waals surface area contributed by atoms with E-state index >= 15 is 0 Å². The van der Waals surface area contributed by atoms with Gasteiger partial charge in [0, 0.05) is 19.6 Å². The molecule has 0 aromatic heterocycles. The molecule has 1 aliphatic heterocycles. The van der Waals surface area contributed by atoms with Crippen molar-refractivity contribution in [2.24, 2.45) is 11.7 Å². The molecule has 1 amide bonds. The van der Waals surface area contributed by atoms with Crippen molar-refractivity contribution in [3.05, 3.63) is 0 Å². The summed E-state index contributed by atoms with van der Waals surface area (Å²) in [7, 11) is 0. The summed E-state index contributed by atoms with van der Waals surface area (Å²) in [5, 5.41) is 8.05. The van der Waals surface area contributed by atoms with Crippen molar-refractivity contribution in [2.75, 3.05) is 19.8 Å². The maximum Gasteiger partial charge on any atom is 0.405 e. The number of ether oxygens (including phenoxy) is 4. The number of primary amides is 1. The van der Waals surface area contributed by atoms with Gasteiger partial charge < -0.3 is 29.8 Å². The molecule has 2 aliphatic rings. The standard InChI is InChI=1S/C13H24O4.C5H11NO2.C4H6O2/c1-3-4-7-16-12-5-8-15-9-6-13(14)17-11(2)10-12;1-5(2,3)8-4(6)7;5-4(6)3-1-2-3/h11-12H,3-10H2,1-2H3;1-3H3,(H2,6,7);3H,1-2H2,(H,5,6). The third kappa shape index (κ3) is 19.8. The van der Waals surface area contributed by atoms with Crippen LogP contribution in [0.15, 0.2) is 0 Å². The van der Waals surface area contributed by atoms with Crippen LogP contribution in [0.4, 0.5) is 4.79 Å². The third-order valence-electron chi connectivity index (χ3n) is 4.15. The first-order valence-corrected chi connectivity index (χ1v) is 11.0.